The second kappa shape index (κ2) is 5.16. The van der Waals surface area contributed by atoms with Crippen molar-refractivity contribution in [2.75, 3.05) is 11.5 Å². The Hall–Kier alpha value is -0.630. The van der Waals surface area contributed by atoms with Crippen LogP contribution in [0.15, 0.2) is 6.20 Å². The zero-order valence-electron chi connectivity index (χ0n) is 10.1. The molecule has 18 heavy (non-hydrogen) atoms. The molecule has 1 aliphatic heterocycles. The molecule has 1 aromatic rings. The van der Waals surface area contributed by atoms with E-state index in [-0.39, 0.29) is 23.5 Å². The number of hydrazine groups is 1. The van der Waals surface area contributed by atoms with Crippen LogP contribution in [0.1, 0.15) is 25.1 Å². The first-order valence-corrected chi connectivity index (χ1v) is 8.06. The number of hydrogen-bond donors (Lipinski definition) is 2. The van der Waals surface area contributed by atoms with Gasteiger partial charge in [-0.25, -0.2) is 8.42 Å². The molecule has 6 nitrogen and oxygen atoms in total. The summed E-state index contributed by atoms with van der Waals surface area (Å²) < 4.78 is 24.8. The molecule has 1 aliphatic rings. The minimum atomic E-state index is -2.94. The number of halogens is 1. The maximum Gasteiger partial charge on any atom is 0.150 e. The van der Waals surface area contributed by atoms with Crippen LogP contribution in [0.5, 0.6) is 0 Å². The summed E-state index contributed by atoms with van der Waals surface area (Å²) in [4.78, 5) is 0. The molecule has 2 unspecified atom stereocenters. The van der Waals surface area contributed by atoms with E-state index in [0.29, 0.717) is 18.0 Å². The first-order valence-electron chi connectivity index (χ1n) is 5.86. The Bertz CT molecular complexity index is 528. The van der Waals surface area contributed by atoms with Gasteiger partial charge in [-0.05, 0) is 19.3 Å². The lowest BCUT2D eigenvalue weighted by molar-refractivity contribution is 0.373. The van der Waals surface area contributed by atoms with E-state index in [0.717, 1.165) is 5.69 Å². The Morgan fingerprint density at radius 2 is 2.44 bits per heavy atom. The third kappa shape index (κ3) is 2.54. The van der Waals surface area contributed by atoms with Gasteiger partial charge < -0.3 is 0 Å². The molecule has 1 aromatic heterocycles. The van der Waals surface area contributed by atoms with Crippen molar-refractivity contribution in [3.8, 4) is 0 Å². The van der Waals surface area contributed by atoms with E-state index < -0.39 is 9.84 Å². The van der Waals surface area contributed by atoms with Gasteiger partial charge in [0.05, 0.1) is 34.5 Å². The molecule has 2 heterocycles. The number of nitrogens with one attached hydrogen (secondary N) is 1. The molecule has 1 fully saturated rings. The van der Waals surface area contributed by atoms with Crippen LogP contribution in [0.2, 0.25) is 5.02 Å². The van der Waals surface area contributed by atoms with Crippen LogP contribution in [-0.2, 0) is 16.4 Å². The van der Waals surface area contributed by atoms with Crippen molar-refractivity contribution in [3.63, 3.8) is 0 Å². The molecule has 0 aromatic carbocycles. The summed E-state index contributed by atoms with van der Waals surface area (Å²) in [5, 5.41) is 4.67. The minimum absolute atomic E-state index is 0.0560. The fourth-order valence-electron chi connectivity index (χ4n) is 2.46. The molecular weight excluding hydrogens is 276 g/mol. The lowest BCUT2D eigenvalue weighted by Crippen LogP contribution is -2.36. The Balaban J connectivity index is 2.31. The van der Waals surface area contributed by atoms with Gasteiger partial charge in [0.1, 0.15) is 0 Å². The maximum absolute atomic E-state index is 11.5. The van der Waals surface area contributed by atoms with E-state index in [4.69, 9.17) is 17.4 Å². The summed E-state index contributed by atoms with van der Waals surface area (Å²) in [7, 11) is -2.94. The van der Waals surface area contributed by atoms with Crippen LogP contribution in [0.25, 0.3) is 0 Å². The van der Waals surface area contributed by atoms with Crippen molar-refractivity contribution in [3.05, 3.63) is 16.9 Å². The van der Waals surface area contributed by atoms with Crippen LogP contribution in [0.3, 0.4) is 0 Å². The van der Waals surface area contributed by atoms with E-state index in [1.54, 1.807) is 10.9 Å². The third-order valence-electron chi connectivity index (χ3n) is 3.35. The topological polar surface area (TPSA) is 90.0 Å². The number of aromatic nitrogens is 2. The van der Waals surface area contributed by atoms with Crippen molar-refractivity contribution in [2.24, 2.45) is 11.8 Å². The van der Waals surface area contributed by atoms with Crippen LogP contribution in [0.4, 0.5) is 0 Å². The van der Waals surface area contributed by atoms with Gasteiger partial charge in [0.2, 0.25) is 0 Å². The van der Waals surface area contributed by atoms with Gasteiger partial charge in [-0.2, -0.15) is 5.10 Å². The van der Waals surface area contributed by atoms with Crippen molar-refractivity contribution >= 4 is 21.4 Å². The van der Waals surface area contributed by atoms with Crippen LogP contribution >= 0.6 is 11.6 Å². The van der Waals surface area contributed by atoms with Crippen LogP contribution in [0, 0.1) is 5.92 Å². The van der Waals surface area contributed by atoms with Gasteiger partial charge in [-0.15, -0.1) is 0 Å². The Kier molecular flexibility index (Phi) is 3.96. The predicted octanol–water partition coefficient (Wildman–Crippen LogP) is 0.495. The first kappa shape index (κ1) is 13.8. The molecule has 0 radical (unpaired) electrons. The highest BCUT2D eigenvalue weighted by Gasteiger charge is 2.36. The SMILES string of the molecule is CCn1ncc(Cl)c1C(NN)C1CCS(=O)(=O)C1. The summed E-state index contributed by atoms with van der Waals surface area (Å²) in [6.07, 6.45) is 2.16. The fraction of sp³-hybridized carbons (Fsp3) is 0.700. The van der Waals surface area contributed by atoms with Gasteiger partial charge in [0, 0.05) is 6.54 Å². The standard InChI is InChI=1S/C10H17ClN4O2S/c1-2-15-10(8(11)5-13-15)9(14-12)7-3-4-18(16,17)6-7/h5,7,9,14H,2-4,6,12H2,1H3. The first-order chi connectivity index (χ1) is 8.48. The molecule has 0 saturated carbocycles. The molecule has 2 atom stereocenters. The number of aryl methyl sites for hydroxylation is 1. The highest BCUT2D eigenvalue weighted by atomic mass is 35.5. The summed E-state index contributed by atoms with van der Waals surface area (Å²) in [6, 6.07) is -0.280. The lowest BCUT2D eigenvalue weighted by atomic mass is 9.97. The molecule has 0 aliphatic carbocycles. The maximum atomic E-state index is 11.5. The monoisotopic (exact) mass is 292 g/mol. The van der Waals surface area contributed by atoms with Gasteiger partial charge in [0.15, 0.2) is 9.84 Å². The third-order valence-corrected chi connectivity index (χ3v) is 5.43. The number of rotatable bonds is 4. The second-order valence-corrected chi connectivity index (χ2v) is 7.14. The highest BCUT2D eigenvalue weighted by Crippen LogP contribution is 2.34. The lowest BCUT2D eigenvalue weighted by Gasteiger charge is -2.23. The fourth-order valence-corrected chi connectivity index (χ4v) is 4.56. The second-order valence-electron chi connectivity index (χ2n) is 4.50. The van der Waals surface area contributed by atoms with E-state index in [1.165, 1.54) is 0 Å². The Labute approximate surface area is 111 Å². The average Bonchev–Trinajstić information content (AvgIpc) is 2.85. The van der Waals surface area contributed by atoms with Gasteiger partial charge in [-0.3, -0.25) is 16.0 Å². The van der Waals surface area contributed by atoms with Gasteiger partial charge in [-0.1, -0.05) is 11.6 Å². The van der Waals surface area contributed by atoms with Crippen molar-refractivity contribution in [1.82, 2.24) is 15.2 Å². The number of nitrogens with zero attached hydrogens (tertiary/aromatic N) is 2. The number of hydrogen-bond acceptors (Lipinski definition) is 5. The smallest absolute Gasteiger partial charge is 0.150 e. The molecule has 2 rings (SSSR count). The zero-order chi connectivity index (χ0) is 13.3. The molecular formula is C10H17ClN4O2S. The summed E-state index contributed by atoms with van der Waals surface area (Å²) in [6.45, 7) is 2.62. The summed E-state index contributed by atoms with van der Waals surface area (Å²) in [5.74, 6) is 5.89. The molecule has 8 heteroatoms. The summed E-state index contributed by atoms with van der Waals surface area (Å²) in [5.41, 5.74) is 3.46. The van der Waals surface area contributed by atoms with E-state index in [9.17, 15) is 8.42 Å². The van der Waals surface area contributed by atoms with Crippen molar-refractivity contribution in [1.29, 1.82) is 0 Å². The van der Waals surface area contributed by atoms with Crippen molar-refractivity contribution in [2.45, 2.75) is 25.9 Å². The number of nitrogens with two attached hydrogens (primary N) is 1. The molecule has 0 spiro atoms. The summed E-state index contributed by atoms with van der Waals surface area (Å²) >= 11 is 6.12. The highest BCUT2D eigenvalue weighted by molar-refractivity contribution is 7.91. The minimum Gasteiger partial charge on any atom is -0.271 e. The van der Waals surface area contributed by atoms with Crippen molar-refractivity contribution < 1.29 is 8.42 Å². The quantitative estimate of drug-likeness (QED) is 0.623. The number of sulfone groups is 1. The molecule has 3 N–H and O–H groups in total. The normalized spacial score (nSPS) is 24.3. The van der Waals surface area contributed by atoms with E-state index >= 15 is 0 Å². The molecule has 102 valence electrons. The van der Waals surface area contributed by atoms with E-state index in [2.05, 4.69) is 10.5 Å². The molecule has 0 amide bonds. The van der Waals surface area contributed by atoms with Crippen LogP contribution < -0.4 is 11.3 Å². The average molecular weight is 293 g/mol. The van der Waals surface area contributed by atoms with Gasteiger partial charge >= 0.3 is 0 Å². The molecule has 0 bridgehead atoms. The van der Waals surface area contributed by atoms with E-state index in [1.807, 2.05) is 6.92 Å². The Morgan fingerprint density at radius 1 is 1.72 bits per heavy atom. The van der Waals surface area contributed by atoms with Gasteiger partial charge in [0.25, 0.3) is 0 Å². The predicted molar refractivity (Wildman–Crippen MR) is 69.7 cm³/mol. The Morgan fingerprint density at radius 3 is 2.94 bits per heavy atom. The molecule has 1 saturated heterocycles. The zero-order valence-corrected chi connectivity index (χ0v) is 11.7. The largest absolute Gasteiger partial charge is 0.271 e. The van der Waals surface area contributed by atoms with Crippen LogP contribution in [-0.4, -0.2) is 29.7 Å².